The summed E-state index contributed by atoms with van der Waals surface area (Å²) in [4.78, 5) is 4.91. The molecule has 0 unspecified atom stereocenters. The Balaban J connectivity index is 2.35. The van der Waals surface area contributed by atoms with E-state index < -0.39 is 0 Å². The molecule has 2 rings (SSSR count). The van der Waals surface area contributed by atoms with Crippen LogP contribution in [0, 0.1) is 0 Å². The van der Waals surface area contributed by atoms with Crippen LogP contribution in [0.15, 0.2) is 12.4 Å². The van der Waals surface area contributed by atoms with Crippen molar-refractivity contribution in [1.82, 2.24) is 14.8 Å². The Hall–Kier alpha value is -1.11. The van der Waals surface area contributed by atoms with E-state index in [2.05, 4.69) is 10.1 Å². The number of aromatic nitrogens is 3. The van der Waals surface area contributed by atoms with Crippen LogP contribution in [0.2, 0.25) is 5.02 Å². The number of thiazole rings is 1. The van der Waals surface area contributed by atoms with Crippen molar-refractivity contribution in [1.29, 1.82) is 0 Å². The summed E-state index contributed by atoms with van der Waals surface area (Å²) >= 11 is 7.47. The van der Waals surface area contributed by atoms with Crippen LogP contribution in [0.5, 0.6) is 0 Å². The van der Waals surface area contributed by atoms with Crippen molar-refractivity contribution in [3.63, 3.8) is 0 Å². The number of ether oxygens (including phenoxy) is 1. The lowest BCUT2D eigenvalue weighted by Crippen LogP contribution is -2.06. The second-order valence-electron chi connectivity index (χ2n) is 3.12. The average molecular weight is 259 g/mol. The first-order valence-electron chi connectivity index (χ1n) is 4.64. The Labute approximate surface area is 102 Å². The third-order valence-corrected chi connectivity index (χ3v) is 3.17. The van der Waals surface area contributed by atoms with Gasteiger partial charge in [-0.2, -0.15) is 5.10 Å². The molecule has 0 aliphatic heterocycles. The van der Waals surface area contributed by atoms with Crippen molar-refractivity contribution in [2.75, 3.05) is 19.5 Å². The minimum absolute atomic E-state index is 0.519. The van der Waals surface area contributed by atoms with Gasteiger partial charge in [-0.05, 0) is 0 Å². The van der Waals surface area contributed by atoms with Gasteiger partial charge in [0.15, 0.2) is 5.13 Å². The minimum atomic E-state index is 0.519. The number of methoxy groups -OCH3 is 1. The first-order chi connectivity index (χ1) is 7.72. The molecule has 0 atom stereocenters. The molecule has 2 heterocycles. The molecule has 0 saturated heterocycles. The third kappa shape index (κ3) is 2.18. The summed E-state index contributed by atoms with van der Waals surface area (Å²) in [5.74, 6) is 0. The molecule has 0 spiro atoms. The lowest BCUT2D eigenvalue weighted by Gasteiger charge is -2.04. The fourth-order valence-corrected chi connectivity index (χ4v) is 2.40. The van der Waals surface area contributed by atoms with Gasteiger partial charge in [0.05, 0.1) is 34.9 Å². The van der Waals surface area contributed by atoms with Crippen LogP contribution in [-0.4, -0.2) is 28.5 Å². The van der Waals surface area contributed by atoms with Crippen LogP contribution in [0.25, 0.3) is 10.6 Å². The zero-order valence-electron chi connectivity index (χ0n) is 8.68. The topological polar surface area (TPSA) is 66.0 Å². The summed E-state index contributed by atoms with van der Waals surface area (Å²) in [6.07, 6.45) is 3.31. The van der Waals surface area contributed by atoms with E-state index in [4.69, 9.17) is 22.1 Å². The zero-order valence-corrected chi connectivity index (χ0v) is 10.3. The number of rotatable bonds is 4. The van der Waals surface area contributed by atoms with Gasteiger partial charge < -0.3 is 10.5 Å². The van der Waals surface area contributed by atoms with Gasteiger partial charge in [0.25, 0.3) is 0 Å². The molecular formula is C9H11ClN4OS. The lowest BCUT2D eigenvalue weighted by molar-refractivity contribution is 0.184. The molecular weight excluding hydrogens is 248 g/mol. The van der Waals surface area contributed by atoms with E-state index in [1.165, 1.54) is 11.3 Å². The molecule has 5 nitrogen and oxygen atoms in total. The molecule has 0 saturated carbocycles. The molecule has 0 amide bonds. The van der Waals surface area contributed by atoms with Crippen molar-refractivity contribution in [2.45, 2.75) is 6.54 Å². The lowest BCUT2D eigenvalue weighted by atomic mass is 10.4. The summed E-state index contributed by atoms with van der Waals surface area (Å²) in [5, 5.41) is 5.30. The van der Waals surface area contributed by atoms with E-state index in [-0.39, 0.29) is 0 Å². The minimum Gasteiger partial charge on any atom is -0.383 e. The zero-order chi connectivity index (χ0) is 11.5. The Morgan fingerprint density at radius 2 is 2.38 bits per heavy atom. The van der Waals surface area contributed by atoms with E-state index in [1.807, 2.05) is 0 Å². The van der Waals surface area contributed by atoms with E-state index in [0.717, 1.165) is 10.6 Å². The van der Waals surface area contributed by atoms with Crippen molar-refractivity contribution >= 4 is 28.1 Å². The molecule has 7 heteroatoms. The smallest absolute Gasteiger partial charge is 0.180 e. The Bertz CT molecular complexity index is 482. The highest BCUT2D eigenvalue weighted by molar-refractivity contribution is 7.18. The Morgan fingerprint density at radius 1 is 1.56 bits per heavy atom. The van der Waals surface area contributed by atoms with Crippen LogP contribution in [0.4, 0.5) is 5.13 Å². The number of nitrogen functional groups attached to an aromatic ring is 1. The molecule has 86 valence electrons. The van der Waals surface area contributed by atoms with E-state index in [9.17, 15) is 0 Å². The van der Waals surface area contributed by atoms with Gasteiger partial charge in [-0.25, -0.2) is 4.98 Å². The normalized spacial score (nSPS) is 10.9. The monoisotopic (exact) mass is 258 g/mol. The summed E-state index contributed by atoms with van der Waals surface area (Å²) in [5.41, 5.74) is 6.44. The first kappa shape index (κ1) is 11.4. The number of halogens is 1. The molecule has 0 aliphatic rings. The molecule has 2 aromatic heterocycles. The van der Waals surface area contributed by atoms with Crippen LogP contribution < -0.4 is 5.73 Å². The second kappa shape index (κ2) is 4.82. The first-order valence-corrected chi connectivity index (χ1v) is 5.83. The second-order valence-corrected chi connectivity index (χ2v) is 4.59. The quantitative estimate of drug-likeness (QED) is 0.910. The Kier molecular flexibility index (Phi) is 3.42. The number of hydrogen-bond donors (Lipinski definition) is 1. The van der Waals surface area contributed by atoms with Gasteiger partial charge in [0, 0.05) is 13.3 Å². The van der Waals surface area contributed by atoms with E-state index in [1.54, 1.807) is 24.2 Å². The standard InChI is InChI=1S/C9H11ClN4OS/c1-15-3-2-14-8(6(10)4-13-14)7-5-12-9(11)16-7/h4-5H,2-3H2,1H3,(H2,11,12). The number of nitrogens with two attached hydrogens (primary N) is 1. The predicted molar refractivity (Wildman–Crippen MR) is 64.6 cm³/mol. The summed E-state index contributed by atoms with van der Waals surface area (Å²) in [6.45, 7) is 1.23. The molecule has 0 aromatic carbocycles. The summed E-state index contributed by atoms with van der Waals surface area (Å²) < 4.78 is 6.80. The van der Waals surface area contributed by atoms with Gasteiger partial charge in [-0.15, -0.1) is 0 Å². The average Bonchev–Trinajstić information content (AvgIpc) is 2.82. The van der Waals surface area contributed by atoms with Crippen LogP contribution in [0.3, 0.4) is 0 Å². The highest BCUT2D eigenvalue weighted by atomic mass is 35.5. The maximum atomic E-state index is 6.08. The van der Waals surface area contributed by atoms with Crippen molar-refractivity contribution < 1.29 is 4.74 Å². The number of hydrogen-bond acceptors (Lipinski definition) is 5. The van der Waals surface area contributed by atoms with Crippen LogP contribution in [0.1, 0.15) is 0 Å². The maximum absolute atomic E-state index is 6.08. The number of nitrogens with zero attached hydrogens (tertiary/aromatic N) is 3. The third-order valence-electron chi connectivity index (χ3n) is 2.06. The van der Waals surface area contributed by atoms with Crippen molar-refractivity contribution in [3.05, 3.63) is 17.4 Å². The highest BCUT2D eigenvalue weighted by Gasteiger charge is 2.13. The van der Waals surface area contributed by atoms with Gasteiger partial charge in [0.1, 0.15) is 0 Å². The summed E-state index contributed by atoms with van der Waals surface area (Å²) in [7, 11) is 1.65. The molecule has 0 aliphatic carbocycles. The predicted octanol–water partition coefficient (Wildman–Crippen LogP) is 1.89. The fourth-order valence-electron chi connectivity index (χ4n) is 1.35. The van der Waals surface area contributed by atoms with Gasteiger partial charge in [0.2, 0.25) is 0 Å². The van der Waals surface area contributed by atoms with Crippen molar-refractivity contribution in [2.24, 2.45) is 0 Å². The molecule has 2 aromatic rings. The van der Waals surface area contributed by atoms with Crippen molar-refractivity contribution in [3.8, 4) is 10.6 Å². The number of anilines is 1. The van der Waals surface area contributed by atoms with Crippen LogP contribution >= 0.6 is 22.9 Å². The SMILES string of the molecule is COCCn1ncc(Cl)c1-c1cnc(N)s1. The molecule has 2 N–H and O–H groups in total. The van der Waals surface area contributed by atoms with E-state index >= 15 is 0 Å². The molecule has 0 fully saturated rings. The van der Waals surface area contributed by atoms with Gasteiger partial charge in [-0.1, -0.05) is 22.9 Å². The Morgan fingerprint density at radius 3 is 3.00 bits per heavy atom. The highest BCUT2D eigenvalue weighted by Crippen LogP contribution is 2.32. The van der Waals surface area contributed by atoms with Gasteiger partial charge in [-0.3, -0.25) is 4.68 Å². The van der Waals surface area contributed by atoms with E-state index in [0.29, 0.717) is 23.3 Å². The maximum Gasteiger partial charge on any atom is 0.180 e. The molecule has 16 heavy (non-hydrogen) atoms. The molecule has 0 bridgehead atoms. The largest absolute Gasteiger partial charge is 0.383 e. The molecule has 0 radical (unpaired) electrons. The van der Waals surface area contributed by atoms with Crippen LogP contribution in [-0.2, 0) is 11.3 Å². The van der Waals surface area contributed by atoms with Gasteiger partial charge >= 0.3 is 0 Å². The summed E-state index contributed by atoms with van der Waals surface area (Å²) in [6, 6.07) is 0. The fraction of sp³-hybridized carbons (Fsp3) is 0.333.